The molecule has 3 aromatic rings. The molecule has 1 amide bonds. The van der Waals surface area contributed by atoms with Gasteiger partial charge in [-0.15, -0.1) is 0 Å². The highest BCUT2D eigenvalue weighted by molar-refractivity contribution is 7.92. The monoisotopic (exact) mass is 356 g/mol. The van der Waals surface area contributed by atoms with Crippen molar-refractivity contribution in [1.29, 1.82) is 0 Å². The second kappa shape index (κ2) is 6.82. The van der Waals surface area contributed by atoms with Gasteiger partial charge in [0.1, 0.15) is 0 Å². The number of hydrogen-bond acceptors (Lipinski definition) is 4. The Morgan fingerprint density at radius 3 is 2.24 bits per heavy atom. The SMILES string of the molecule is Cc1ccc(S(=O)(=O)Nc2ccccc2NC(=O)c2ccco2)cc1. The molecule has 128 valence electrons. The molecule has 0 saturated carbocycles. The number of rotatable bonds is 5. The third kappa shape index (κ3) is 3.89. The quantitative estimate of drug-likeness (QED) is 0.730. The molecule has 0 aliphatic carbocycles. The fraction of sp³-hybridized carbons (Fsp3) is 0.0556. The molecule has 3 rings (SSSR count). The number of aryl methyl sites for hydroxylation is 1. The molecule has 0 fully saturated rings. The maximum absolute atomic E-state index is 12.5. The fourth-order valence-corrected chi connectivity index (χ4v) is 3.27. The minimum absolute atomic E-state index is 0.135. The molecule has 0 saturated heterocycles. The van der Waals surface area contributed by atoms with Crippen LogP contribution in [0.4, 0.5) is 11.4 Å². The van der Waals surface area contributed by atoms with Crippen LogP contribution < -0.4 is 10.0 Å². The van der Waals surface area contributed by atoms with E-state index >= 15 is 0 Å². The van der Waals surface area contributed by atoms with Crippen molar-refractivity contribution in [3.8, 4) is 0 Å². The van der Waals surface area contributed by atoms with Gasteiger partial charge in [-0.25, -0.2) is 8.42 Å². The van der Waals surface area contributed by atoms with E-state index in [0.29, 0.717) is 5.69 Å². The van der Waals surface area contributed by atoms with Crippen molar-refractivity contribution in [2.24, 2.45) is 0 Å². The lowest BCUT2D eigenvalue weighted by Gasteiger charge is -2.13. The van der Waals surface area contributed by atoms with Gasteiger partial charge >= 0.3 is 0 Å². The number of sulfonamides is 1. The van der Waals surface area contributed by atoms with Gasteiger partial charge in [0.05, 0.1) is 22.5 Å². The van der Waals surface area contributed by atoms with Crippen molar-refractivity contribution in [3.63, 3.8) is 0 Å². The molecule has 0 aliphatic rings. The molecular formula is C18H16N2O4S. The van der Waals surface area contributed by atoms with Gasteiger partial charge in [-0.2, -0.15) is 0 Å². The number of carbonyl (C=O) groups excluding carboxylic acids is 1. The number of para-hydroxylation sites is 2. The highest BCUT2D eigenvalue weighted by Crippen LogP contribution is 2.25. The van der Waals surface area contributed by atoms with E-state index in [2.05, 4.69) is 10.0 Å². The van der Waals surface area contributed by atoms with E-state index in [-0.39, 0.29) is 16.3 Å². The Bertz CT molecular complexity index is 978. The normalized spacial score (nSPS) is 11.1. The Labute approximate surface area is 145 Å². The average Bonchev–Trinajstić information content (AvgIpc) is 3.11. The molecule has 0 spiro atoms. The van der Waals surface area contributed by atoms with Crippen LogP contribution in [0.1, 0.15) is 16.1 Å². The van der Waals surface area contributed by atoms with Crippen LogP contribution in [-0.2, 0) is 10.0 Å². The number of carbonyl (C=O) groups is 1. The minimum atomic E-state index is -3.77. The van der Waals surface area contributed by atoms with Crippen LogP contribution in [0.25, 0.3) is 0 Å². The Morgan fingerprint density at radius 1 is 0.920 bits per heavy atom. The molecule has 6 nitrogen and oxygen atoms in total. The number of benzene rings is 2. The summed E-state index contributed by atoms with van der Waals surface area (Å²) in [6, 6.07) is 16.2. The second-order valence-electron chi connectivity index (χ2n) is 5.40. The molecule has 2 aromatic carbocycles. The van der Waals surface area contributed by atoms with E-state index in [1.807, 2.05) is 6.92 Å². The smallest absolute Gasteiger partial charge is 0.291 e. The summed E-state index contributed by atoms with van der Waals surface area (Å²) in [7, 11) is -3.77. The van der Waals surface area contributed by atoms with Crippen LogP contribution >= 0.6 is 0 Å². The molecule has 0 unspecified atom stereocenters. The van der Waals surface area contributed by atoms with Gasteiger partial charge in [0.25, 0.3) is 15.9 Å². The maximum Gasteiger partial charge on any atom is 0.291 e. The summed E-state index contributed by atoms with van der Waals surface area (Å²) in [6.07, 6.45) is 1.39. The third-order valence-electron chi connectivity index (χ3n) is 3.50. The van der Waals surface area contributed by atoms with E-state index in [1.165, 1.54) is 24.5 Å². The van der Waals surface area contributed by atoms with Crippen molar-refractivity contribution in [2.75, 3.05) is 10.0 Å². The summed E-state index contributed by atoms with van der Waals surface area (Å²) in [5, 5.41) is 2.64. The molecular weight excluding hydrogens is 340 g/mol. The molecule has 0 atom stereocenters. The maximum atomic E-state index is 12.5. The standard InChI is InChI=1S/C18H16N2O4S/c1-13-8-10-14(11-9-13)25(22,23)20-16-6-3-2-5-15(16)19-18(21)17-7-4-12-24-17/h2-12,20H,1H3,(H,19,21). The van der Waals surface area contributed by atoms with Gasteiger partial charge in [-0.05, 0) is 43.3 Å². The van der Waals surface area contributed by atoms with Crippen molar-refractivity contribution in [3.05, 3.63) is 78.3 Å². The summed E-state index contributed by atoms with van der Waals surface area (Å²) in [5.41, 5.74) is 1.56. The first-order valence-corrected chi connectivity index (χ1v) is 8.97. The number of amides is 1. The van der Waals surface area contributed by atoms with Gasteiger partial charge in [0.15, 0.2) is 5.76 Å². The number of hydrogen-bond donors (Lipinski definition) is 2. The first-order valence-electron chi connectivity index (χ1n) is 7.49. The lowest BCUT2D eigenvalue weighted by molar-refractivity contribution is 0.0996. The average molecular weight is 356 g/mol. The van der Waals surface area contributed by atoms with Gasteiger partial charge in [-0.3, -0.25) is 9.52 Å². The van der Waals surface area contributed by atoms with Crippen molar-refractivity contribution in [2.45, 2.75) is 11.8 Å². The lowest BCUT2D eigenvalue weighted by atomic mass is 10.2. The molecule has 2 N–H and O–H groups in total. The Morgan fingerprint density at radius 2 is 1.60 bits per heavy atom. The Balaban J connectivity index is 1.85. The zero-order valence-corrected chi connectivity index (χ0v) is 14.2. The Hall–Kier alpha value is -3.06. The van der Waals surface area contributed by atoms with Gasteiger partial charge in [0.2, 0.25) is 0 Å². The highest BCUT2D eigenvalue weighted by atomic mass is 32.2. The van der Waals surface area contributed by atoms with Crippen molar-refractivity contribution >= 4 is 27.3 Å². The number of nitrogens with one attached hydrogen (secondary N) is 2. The van der Waals surface area contributed by atoms with Gasteiger partial charge in [-0.1, -0.05) is 29.8 Å². The zero-order chi connectivity index (χ0) is 17.9. The Kier molecular flexibility index (Phi) is 4.58. The zero-order valence-electron chi connectivity index (χ0n) is 13.4. The van der Waals surface area contributed by atoms with E-state index < -0.39 is 15.9 Å². The van der Waals surface area contributed by atoms with E-state index in [0.717, 1.165) is 5.56 Å². The number of anilines is 2. The first kappa shape index (κ1) is 16.8. The predicted octanol–water partition coefficient (Wildman–Crippen LogP) is 3.64. The van der Waals surface area contributed by atoms with Crippen molar-refractivity contribution < 1.29 is 17.6 Å². The molecule has 1 heterocycles. The van der Waals surface area contributed by atoms with Crippen LogP contribution in [0.3, 0.4) is 0 Å². The summed E-state index contributed by atoms with van der Waals surface area (Å²) in [5.74, 6) is -0.330. The third-order valence-corrected chi connectivity index (χ3v) is 4.88. The largest absolute Gasteiger partial charge is 0.459 e. The predicted molar refractivity (Wildman–Crippen MR) is 95.1 cm³/mol. The minimum Gasteiger partial charge on any atom is -0.459 e. The second-order valence-corrected chi connectivity index (χ2v) is 7.08. The van der Waals surface area contributed by atoms with Crippen LogP contribution in [-0.4, -0.2) is 14.3 Å². The van der Waals surface area contributed by atoms with E-state index in [9.17, 15) is 13.2 Å². The lowest BCUT2D eigenvalue weighted by Crippen LogP contribution is -2.17. The molecule has 25 heavy (non-hydrogen) atoms. The molecule has 0 aliphatic heterocycles. The first-order chi connectivity index (χ1) is 12.0. The fourth-order valence-electron chi connectivity index (χ4n) is 2.19. The van der Waals surface area contributed by atoms with Crippen molar-refractivity contribution in [1.82, 2.24) is 0 Å². The molecule has 1 aromatic heterocycles. The van der Waals surface area contributed by atoms with Crippen LogP contribution in [0.5, 0.6) is 0 Å². The molecule has 0 radical (unpaired) electrons. The van der Waals surface area contributed by atoms with E-state index in [1.54, 1.807) is 42.5 Å². The summed E-state index contributed by atoms with van der Waals surface area (Å²) < 4.78 is 32.6. The number of furan rings is 1. The van der Waals surface area contributed by atoms with Gasteiger partial charge in [0, 0.05) is 0 Å². The summed E-state index contributed by atoms with van der Waals surface area (Å²) in [4.78, 5) is 12.3. The molecule has 0 bridgehead atoms. The van der Waals surface area contributed by atoms with Crippen LogP contribution in [0.2, 0.25) is 0 Å². The van der Waals surface area contributed by atoms with Gasteiger partial charge < -0.3 is 9.73 Å². The summed E-state index contributed by atoms with van der Waals surface area (Å²) in [6.45, 7) is 1.88. The molecule has 7 heteroatoms. The highest BCUT2D eigenvalue weighted by Gasteiger charge is 2.17. The topological polar surface area (TPSA) is 88.4 Å². The van der Waals surface area contributed by atoms with Crippen LogP contribution in [0, 0.1) is 6.92 Å². The van der Waals surface area contributed by atoms with Crippen LogP contribution in [0.15, 0.2) is 76.2 Å². The van der Waals surface area contributed by atoms with E-state index in [4.69, 9.17) is 4.42 Å². The summed E-state index contributed by atoms with van der Waals surface area (Å²) >= 11 is 0.